The van der Waals surface area contributed by atoms with Crippen LogP contribution in [0.3, 0.4) is 0 Å². The molecule has 0 unspecified atom stereocenters. The molecular weight excluding hydrogens is 348 g/mol. The van der Waals surface area contributed by atoms with E-state index in [0.717, 1.165) is 46.2 Å². The minimum absolute atomic E-state index is 0.235. The van der Waals surface area contributed by atoms with Crippen LogP contribution in [0.5, 0.6) is 5.75 Å². The molecule has 0 amide bonds. The van der Waals surface area contributed by atoms with Crippen LogP contribution in [0, 0.1) is 13.8 Å². The lowest BCUT2D eigenvalue weighted by molar-refractivity contribution is 0.305. The van der Waals surface area contributed by atoms with Crippen LogP contribution in [0.2, 0.25) is 0 Å². The van der Waals surface area contributed by atoms with Gasteiger partial charge in [-0.2, -0.15) is 0 Å². The number of ether oxygens (including phenoxy) is 1. The molecule has 0 fully saturated rings. The standard InChI is InChI=1S/C25H24O3/c1-4-8-21-16(2)20-13-14-23(17(3)24(20)28-25(21)26)27-15-19-11-7-10-18-9-5-6-12-22(18)19/h5-7,9-14H,4,8,15H2,1-3H3. The highest BCUT2D eigenvalue weighted by Gasteiger charge is 2.15. The number of hydrogen-bond acceptors (Lipinski definition) is 3. The average molecular weight is 372 g/mol. The quantitative estimate of drug-likeness (QED) is 0.398. The van der Waals surface area contributed by atoms with E-state index in [2.05, 4.69) is 31.2 Å². The second-order valence-corrected chi connectivity index (χ2v) is 7.24. The molecule has 0 aliphatic heterocycles. The molecule has 0 aliphatic carbocycles. The van der Waals surface area contributed by atoms with E-state index in [1.165, 1.54) is 10.8 Å². The van der Waals surface area contributed by atoms with Crippen LogP contribution >= 0.6 is 0 Å². The van der Waals surface area contributed by atoms with Crippen molar-refractivity contribution in [3.63, 3.8) is 0 Å². The van der Waals surface area contributed by atoms with Crippen molar-refractivity contribution in [1.82, 2.24) is 0 Å². The van der Waals surface area contributed by atoms with Crippen LogP contribution in [-0.4, -0.2) is 0 Å². The molecule has 0 atom stereocenters. The lowest BCUT2D eigenvalue weighted by Gasteiger charge is -2.14. The Hall–Kier alpha value is -3.07. The third-order valence-electron chi connectivity index (χ3n) is 5.42. The third kappa shape index (κ3) is 3.18. The van der Waals surface area contributed by atoms with E-state index in [1.807, 2.05) is 44.2 Å². The van der Waals surface area contributed by atoms with Gasteiger partial charge in [0.25, 0.3) is 0 Å². The van der Waals surface area contributed by atoms with Gasteiger partial charge in [0.1, 0.15) is 17.9 Å². The van der Waals surface area contributed by atoms with Gasteiger partial charge < -0.3 is 9.15 Å². The maximum Gasteiger partial charge on any atom is 0.339 e. The predicted molar refractivity (Wildman–Crippen MR) is 114 cm³/mol. The Labute approximate surface area is 164 Å². The average Bonchev–Trinajstić information content (AvgIpc) is 2.71. The van der Waals surface area contributed by atoms with Crippen molar-refractivity contribution in [2.45, 2.75) is 40.2 Å². The monoisotopic (exact) mass is 372 g/mol. The maximum absolute atomic E-state index is 12.4. The van der Waals surface area contributed by atoms with E-state index in [0.29, 0.717) is 12.2 Å². The zero-order valence-corrected chi connectivity index (χ0v) is 16.5. The van der Waals surface area contributed by atoms with Gasteiger partial charge in [-0.3, -0.25) is 0 Å². The number of hydrogen-bond donors (Lipinski definition) is 0. The number of aryl methyl sites for hydroxylation is 2. The Morgan fingerprint density at radius 2 is 1.68 bits per heavy atom. The van der Waals surface area contributed by atoms with Gasteiger partial charge in [-0.05, 0) is 54.3 Å². The van der Waals surface area contributed by atoms with Crippen molar-refractivity contribution in [3.05, 3.63) is 87.3 Å². The van der Waals surface area contributed by atoms with Crippen molar-refractivity contribution in [2.75, 3.05) is 0 Å². The fraction of sp³-hybridized carbons (Fsp3) is 0.240. The van der Waals surface area contributed by atoms with Crippen molar-refractivity contribution < 1.29 is 9.15 Å². The summed E-state index contributed by atoms with van der Waals surface area (Å²) in [6, 6.07) is 18.5. The Balaban J connectivity index is 1.71. The number of benzene rings is 3. The van der Waals surface area contributed by atoms with Crippen LogP contribution in [0.4, 0.5) is 0 Å². The lowest BCUT2D eigenvalue weighted by atomic mass is 10.0. The van der Waals surface area contributed by atoms with Gasteiger partial charge in [-0.15, -0.1) is 0 Å². The first-order chi connectivity index (χ1) is 13.6. The Kier molecular flexibility index (Phi) is 4.91. The topological polar surface area (TPSA) is 39.4 Å². The Morgan fingerprint density at radius 1 is 0.893 bits per heavy atom. The molecule has 4 rings (SSSR count). The fourth-order valence-corrected chi connectivity index (χ4v) is 3.84. The molecule has 1 heterocycles. The van der Waals surface area contributed by atoms with Crippen LogP contribution in [-0.2, 0) is 13.0 Å². The van der Waals surface area contributed by atoms with Gasteiger partial charge in [-0.1, -0.05) is 55.8 Å². The van der Waals surface area contributed by atoms with E-state index in [4.69, 9.17) is 9.15 Å². The van der Waals surface area contributed by atoms with E-state index in [1.54, 1.807) is 0 Å². The van der Waals surface area contributed by atoms with E-state index < -0.39 is 0 Å². The summed E-state index contributed by atoms with van der Waals surface area (Å²) in [5.41, 5.74) is 4.17. The second kappa shape index (κ2) is 7.51. The van der Waals surface area contributed by atoms with Gasteiger partial charge in [0.05, 0.1) is 0 Å². The number of fused-ring (bicyclic) bond motifs is 2. The van der Waals surface area contributed by atoms with Crippen molar-refractivity contribution in [3.8, 4) is 5.75 Å². The molecule has 3 aromatic carbocycles. The molecular formula is C25H24O3. The van der Waals surface area contributed by atoms with Gasteiger partial charge in [0.2, 0.25) is 0 Å². The van der Waals surface area contributed by atoms with Gasteiger partial charge in [0.15, 0.2) is 0 Å². The summed E-state index contributed by atoms with van der Waals surface area (Å²) < 4.78 is 11.8. The Morgan fingerprint density at radius 3 is 2.50 bits per heavy atom. The summed E-state index contributed by atoms with van der Waals surface area (Å²) in [6.07, 6.45) is 1.66. The first kappa shape index (κ1) is 18.3. The summed E-state index contributed by atoms with van der Waals surface area (Å²) >= 11 is 0. The first-order valence-corrected chi connectivity index (χ1v) is 9.75. The van der Waals surface area contributed by atoms with E-state index >= 15 is 0 Å². The summed E-state index contributed by atoms with van der Waals surface area (Å²) in [6.45, 7) is 6.48. The molecule has 0 radical (unpaired) electrons. The zero-order valence-electron chi connectivity index (χ0n) is 16.5. The summed E-state index contributed by atoms with van der Waals surface area (Å²) in [5, 5.41) is 3.37. The number of rotatable bonds is 5. The van der Waals surface area contributed by atoms with Gasteiger partial charge in [-0.25, -0.2) is 4.79 Å². The van der Waals surface area contributed by atoms with Crippen molar-refractivity contribution in [2.24, 2.45) is 0 Å². The van der Waals surface area contributed by atoms with Crippen LogP contribution < -0.4 is 10.4 Å². The maximum atomic E-state index is 12.4. The van der Waals surface area contributed by atoms with Crippen molar-refractivity contribution in [1.29, 1.82) is 0 Å². The largest absolute Gasteiger partial charge is 0.488 e. The first-order valence-electron chi connectivity index (χ1n) is 9.75. The molecule has 142 valence electrons. The minimum Gasteiger partial charge on any atom is -0.488 e. The predicted octanol–water partition coefficient (Wildman–Crippen LogP) is 6.09. The molecule has 0 bridgehead atoms. The summed E-state index contributed by atoms with van der Waals surface area (Å²) in [4.78, 5) is 12.4. The highest BCUT2D eigenvalue weighted by Crippen LogP contribution is 2.30. The molecule has 3 nitrogen and oxygen atoms in total. The molecule has 28 heavy (non-hydrogen) atoms. The second-order valence-electron chi connectivity index (χ2n) is 7.24. The highest BCUT2D eigenvalue weighted by molar-refractivity contribution is 5.86. The highest BCUT2D eigenvalue weighted by atomic mass is 16.5. The smallest absolute Gasteiger partial charge is 0.339 e. The molecule has 0 aliphatic rings. The summed E-state index contributed by atoms with van der Waals surface area (Å²) in [7, 11) is 0. The normalized spacial score (nSPS) is 11.2. The molecule has 3 heteroatoms. The zero-order chi connectivity index (χ0) is 19.7. The van der Waals surface area contributed by atoms with Crippen LogP contribution in [0.25, 0.3) is 21.7 Å². The summed E-state index contributed by atoms with van der Waals surface area (Å²) in [5.74, 6) is 0.742. The molecule has 0 N–H and O–H groups in total. The lowest BCUT2D eigenvalue weighted by Crippen LogP contribution is -2.10. The van der Waals surface area contributed by atoms with Crippen molar-refractivity contribution >= 4 is 21.7 Å². The van der Waals surface area contributed by atoms with Crippen LogP contribution in [0.1, 0.15) is 35.6 Å². The van der Waals surface area contributed by atoms with Gasteiger partial charge >= 0.3 is 5.63 Å². The Bertz CT molecular complexity index is 1210. The van der Waals surface area contributed by atoms with Gasteiger partial charge in [0, 0.05) is 16.5 Å². The third-order valence-corrected chi connectivity index (χ3v) is 5.42. The fourth-order valence-electron chi connectivity index (χ4n) is 3.84. The molecule has 0 saturated heterocycles. The molecule has 4 aromatic rings. The van der Waals surface area contributed by atoms with E-state index in [9.17, 15) is 4.79 Å². The SMILES string of the molecule is CCCc1c(C)c2ccc(OCc3cccc4ccccc34)c(C)c2oc1=O. The molecule has 1 aromatic heterocycles. The molecule has 0 spiro atoms. The van der Waals surface area contributed by atoms with E-state index in [-0.39, 0.29) is 5.63 Å². The van der Waals surface area contributed by atoms with Crippen LogP contribution in [0.15, 0.2) is 63.8 Å². The minimum atomic E-state index is -0.235. The molecule has 0 saturated carbocycles.